The van der Waals surface area contributed by atoms with Gasteiger partial charge in [0.2, 0.25) is 0 Å². The van der Waals surface area contributed by atoms with Crippen molar-refractivity contribution >= 4 is 11.6 Å². The van der Waals surface area contributed by atoms with Crippen molar-refractivity contribution in [1.82, 2.24) is 9.88 Å². The van der Waals surface area contributed by atoms with Crippen LogP contribution in [0.5, 0.6) is 0 Å². The summed E-state index contributed by atoms with van der Waals surface area (Å²) in [5, 5.41) is 0.765. The van der Waals surface area contributed by atoms with Crippen LogP contribution in [0.4, 0.5) is 0 Å². The van der Waals surface area contributed by atoms with Crippen molar-refractivity contribution in [2.45, 2.75) is 31.6 Å². The Morgan fingerprint density at radius 2 is 2.12 bits per heavy atom. The maximum Gasteiger partial charge on any atom is 0.0707 e. The highest BCUT2D eigenvalue weighted by molar-refractivity contribution is 6.30. The molecule has 0 aliphatic carbocycles. The molecule has 1 aromatic heterocycles. The van der Waals surface area contributed by atoms with Gasteiger partial charge in [0.25, 0.3) is 0 Å². The van der Waals surface area contributed by atoms with E-state index in [1.165, 1.54) is 12.8 Å². The third-order valence-corrected chi connectivity index (χ3v) is 3.52. The van der Waals surface area contributed by atoms with Crippen molar-refractivity contribution in [1.29, 1.82) is 0 Å². The van der Waals surface area contributed by atoms with Gasteiger partial charge in [-0.1, -0.05) is 11.6 Å². The van der Waals surface area contributed by atoms with Crippen LogP contribution in [0, 0.1) is 0 Å². The number of nitrogens with zero attached hydrogens (tertiary/aromatic N) is 2. The van der Waals surface area contributed by atoms with Gasteiger partial charge in [0.1, 0.15) is 0 Å². The molecule has 0 amide bonds. The Kier molecular flexibility index (Phi) is 2.84. The number of likely N-dealkylation sites (tertiary alicyclic amines) is 1. The first-order chi connectivity index (χ1) is 7.79. The van der Waals surface area contributed by atoms with E-state index in [0.717, 1.165) is 30.4 Å². The van der Waals surface area contributed by atoms with Crippen LogP contribution in [0.3, 0.4) is 0 Å². The fraction of sp³-hybridized carbons (Fsp3) is 0.583. The van der Waals surface area contributed by atoms with Crippen LogP contribution in [-0.2, 0) is 11.3 Å². The zero-order valence-corrected chi connectivity index (χ0v) is 9.86. The third kappa shape index (κ3) is 2.21. The minimum Gasteiger partial charge on any atom is -0.372 e. The largest absolute Gasteiger partial charge is 0.372 e. The van der Waals surface area contributed by atoms with Crippen LogP contribution < -0.4 is 0 Å². The SMILES string of the molecule is Clc1ccnc(CN2CC3CCC(C2)O3)c1. The van der Waals surface area contributed by atoms with E-state index in [2.05, 4.69) is 9.88 Å². The molecule has 4 heteroatoms. The van der Waals surface area contributed by atoms with Crippen molar-refractivity contribution in [3.63, 3.8) is 0 Å². The summed E-state index contributed by atoms with van der Waals surface area (Å²) in [4.78, 5) is 6.76. The lowest BCUT2D eigenvalue weighted by molar-refractivity contribution is -0.0413. The topological polar surface area (TPSA) is 25.4 Å². The Bertz CT molecular complexity index is 373. The Balaban J connectivity index is 1.67. The summed E-state index contributed by atoms with van der Waals surface area (Å²) in [7, 11) is 0. The van der Waals surface area contributed by atoms with Crippen LogP contribution in [0.2, 0.25) is 5.02 Å². The van der Waals surface area contributed by atoms with Gasteiger partial charge in [0.15, 0.2) is 0 Å². The van der Waals surface area contributed by atoms with Crippen molar-refractivity contribution < 1.29 is 4.74 Å². The van der Waals surface area contributed by atoms with Gasteiger partial charge in [-0.15, -0.1) is 0 Å². The molecule has 3 heterocycles. The number of fused-ring (bicyclic) bond motifs is 2. The molecular formula is C12H15ClN2O. The molecule has 2 unspecified atom stereocenters. The highest BCUT2D eigenvalue weighted by Gasteiger charge is 2.33. The number of halogens is 1. The zero-order chi connectivity index (χ0) is 11.0. The molecule has 3 rings (SSSR count). The van der Waals surface area contributed by atoms with Gasteiger partial charge in [-0.05, 0) is 25.0 Å². The summed E-state index contributed by atoms with van der Waals surface area (Å²) in [6, 6.07) is 3.76. The number of aromatic nitrogens is 1. The molecule has 2 aliphatic heterocycles. The van der Waals surface area contributed by atoms with Crippen LogP contribution >= 0.6 is 11.6 Å². The van der Waals surface area contributed by atoms with Gasteiger partial charge < -0.3 is 4.74 Å². The predicted octanol–water partition coefficient (Wildman–Crippen LogP) is 2.10. The standard InChI is InChI=1S/C12H15ClN2O/c13-9-3-4-14-10(5-9)6-15-7-11-1-2-12(8-15)16-11/h3-5,11-12H,1-2,6-8H2. The summed E-state index contributed by atoms with van der Waals surface area (Å²) in [6.07, 6.45) is 5.08. The predicted molar refractivity (Wildman–Crippen MR) is 62.4 cm³/mol. The van der Waals surface area contributed by atoms with Gasteiger partial charge in [-0.2, -0.15) is 0 Å². The number of morpholine rings is 1. The van der Waals surface area contributed by atoms with Gasteiger partial charge in [0.05, 0.1) is 17.9 Å². The van der Waals surface area contributed by atoms with E-state index in [-0.39, 0.29) is 0 Å². The Morgan fingerprint density at radius 3 is 2.81 bits per heavy atom. The minimum absolute atomic E-state index is 0.443. The summed E-state index contributed by atoms with van der Waals surface area (Å²) in [5.41, 5.74) is 1.05. The number of hydrogen-bond donors (Lipinski definition) is 0. The summed E-state index contributed by atoms with van der Waals surface area (Å²) in [6.45, 7) is 2.95. The van der Waals surface area contributed by atoms with E-state index < -0.39 is 0 Å². The molecule has 2 bridgehead atoms. The monoisotopic (exact) mass is 238 g/mol. The molecule has 2 atom stereocenters. The molecular weight excluding hydrogens is 224 g/mol. The molecule has 0 radical (unpaired) electrons. The normalized spacial score (nSPS) is 29.6. The van der Waals surface area contributed by atoms with Crippen molar-refractivity contribution in [2.75, 3.05) is 13.1 Å². The highest BCUT2D eigenvalue weighted by Crippen LogP contribution is 2.27. The summed E-state index contributed by atoms with van der Waals surface area (Å²) in [5.74, 6) is 0. The molecule has 0 N–H and O–H groups in total. The highest BCUT2D eigenvalue weighted by atomic mass is 35.5. The van der Waals surface area contributed by atoms with Crippen LogP contribution in [0.1, 0.15) is 18.5 Å². The maximum absolute atomic E-state index is 5.95. The van der Waals surface area contributed by atoms with E-state index in [1.807, 2.05) is 12.1 Å². The lowest BCUT2D eigenvalue weighted by atomic mass is 10.2. The van der Waals surface area contributed by atoms with Crippen molar-refractivity contribution in [2.24, 2.45) is 0 Å². The third-order valence-electron chi connectivity index (χ3n) is 3.28. The van der Waals surface area contributed by atoms with Crippen LogP contribution in [0.25, 0.3) is 0 Å². The first-order valence-corrected chi connectivity index (χ1v) is 6.15. The molecule has 3 nitrogen and oxygen atoms in total. The second kappa shape index (κ2) is 4.32. The van der Waals surface area contributed by atoms with E-state index >= 15 is 0 Å². The minimum atomic E-state index is 0.443. The molecule has 2 aliphatic rings. The fourth-order valence-corrected chi connectivity index (χ4v) is 2.77. The van der Waals surface area contributed by atoms with Gasteiger partial charge in [-0.25, -0.2) is 0 Å². The number of hydrogen-bond acceptors (Lipinski definition) is 3. The van der Waals surface area contributed by atoms with E-state index in [0.29, 0.717) is 12.2 Å². The van der Waals surface area contributed by atoms with Gasteiger partial charge in [0, 0.05) is 30.9 Å². The first kappa shape index (κ1) is 10.5. The molecule has 2 fully saturated rings. The van der Waals surface area contributed by atoms with E-state index in [4.69, 9.17) is 16.3 Å². The average molecular weight is 239 g/mol. The van der Waals surface area contributed by atoms with Gasteiger partial charge >= 0.3 is 0 Å². The molecule has 16 heavy (non-hydrogen) atoms. The number of rotatable bonds is 2. The first-order valence-electron chi connectivity index (χ1n) is 5.78. The zero-order valence-electron chi connectivity index (χ0n) is 9.10. The Hall–Kier alpha value is -0.640. The molecule has 1 aromatic rings. The van der Waals surface area contributed by atoms with Crippen LogP contribution in [-0.4, -0.2) is 35.2 Å². The number of pyridine rings is 1. The van der Waals surface area contributed by atoms with Gasteiger partial charge in [-0.3, -0.25) is 9.88 Å². The summed E-state index contributed by atoms with van der Waals surface area (Å²) >= 11 is 5.95. The van der Waals surface area contributed by atoms with Crippen molar-refractivity contribution in [3.05, 3.63) is 29.0 Å². The smallest absolute Gasteiger partial charge is 0.0707 e. The van der Waals surface area contributed by atoms with Crippen molar-refractivity contribution in [3.8, 4) is 0 Å². The molecule has 2 saturated heterocycles. The molecule has 0 saturated carbocycles. The lowest BCUT2D eigenvalue weighted by Crippen LogP contribution is -2.42. The average Bonchev–Trinajstić information content (AvgIpc) is 2.58. The van der Waals surface area contributed by atoms with Crippen LogP contribution in [0.15, 0.2) is 18.3 Å². The fourth-order valence-electron chi connectivity index (χ4n) is 2.59. The number of ether oxygens (including phenoxy) is 1. The molecule has 0 spiro atoms. The molecule has 86 valence electrons. The molecule has 0 aromatic carbocycles. The summed E-state index contributed by atoms with van der Waals surface area (Å²) < 4.78 is 5.80. The van der Waals surface area contributed by atoms with E-state index in [9.17, 15) is 0 Å². The lowest BCUT2D eigenvalue weighted by Gasteiger charge is -2.31. The quantitative estimate of drug-likeness (QED) is 0.789. The Morgan fingerprint density at radius 1 is 1.38 bits per heavy atom. The van der Waals surface area contributed by atoms with E-state index in [1.54, 1.807) is 6.20 Å². The Labute approximate surface area is 100 Å². The maximum atomic E-state index is 5.95. The second-order valence-electron chi connectivity index (χ2n) is 4.62. The second-order valence-corrected chi connectivity index (χ2v) is 5.05.